The first-order chi connectivity index (χ1) is 6.97. The molecule has 0 unspecified atom stereocenters. The maximum Gasteiger partial charge on any atom is 0.115 e. The van der Waals surface area contributed by atoms with E-state index in [1.165, 1.54) is 30.5 Å². The summed E-state index contributed by atoms with van der Waals surface area (Å²) in [6.07, 6.45) is 15.3. The Balaban J connectivity index is 2.16. The van der Waals surface area contributed by atoms with Crippen LogP contribution in [0, 0.1) is 0 Å². The molecule has 2 rings (SSSR count). The molecule has 0 radical (unpaired) electrons. The lowest BCUT2D eigenvalue weighted by Crippen LogP contribution is -2.00. The molecule has 0 aliphatic heterocycles. The Bertz CT molecular complexity index is 318. The van der Waals surface area contributed by atoms with E-state index in [0.717, 1.165) is 19.3 Å². The summed E-state index contributed by atoms with van der Waals surface area (Å²) >= 11 is 0. The second kappa shape index (κ2) is 4.89. The van der Waals surface area contributed by atoms with Crippen molar-refractivity contribution >= 4 is 0 Å². The number of allylic oxidation sites excluding steroid dienone is 2. The van der Waals surface area contributed by atoms with E-state index in [1.807, 2.05) is 6.20 Å². The lowest BCUT2D eigenvalue weighted by atomic mass is 10.0. The molecular weight excluding hydrogens is 172 g/mol. The molecule has 74 valence electrons. The van der Waals surface area contributed by atoms with Gasteiger partial charge in [0.1, 0.15) is 6.33 Å². The van der Waals surface area contributed by atoms with Crippen molar-refractivity contribution < 1.29 is 0 Å². The minimum atomic E-state index is 1.06. The fourth-order valence-corrected chi connectivity index (χ4v) is 1.85. The van der Waals surface area contributed by atoms with Crippen molar-refractivity contribution in [1.29, 1.82) is 0 Å². The molecule has 14 heavy (non-hydrogen) atoms. The first-order valence-electron chi connectivity index (χ1n) is 5.39. The largest absolute Gasteiger partial charge is 0.245 e. The number of rotatable bonds is 0. The van der Waals surface area contributed by atoms with E-state index in [9.17, 15) is 0 Å². The highest BCUT2D eigenvalue weighted by Gasteiger charge is 2.03. The van der Waals surface area contributed by atoms with E-state index in [-0.39, 0.29) is 0 Å². The van der Waals surface area contributed by atoms with Gasteiger partial charge in [-0.1, -0.05) is 12.2 Å². The van der Waals surface area contributed by atoms with Gasteiger partial charge in [-0.2, -0.15) is 0 Å². The van der Waals surface area contributed by atoms with Gasteiger partial charge in [0.25, 0.3) is 0 Å². The molecule has 0 spiro atoms. The normalized spacial score (nSPS) is 17.4. The summed E-state index contributed by atoms with van der Waals surface area (Å²) in [5.41, 5.74) is 2.59. The molecule has 0 amide bonds. The minimum absolute atomic E-state index is 1.06. The van der Waals surface area contributed by atoms with Crippen LogP contribution in [0.3, 0.4) is 0 Å². The molecule has 0 saturated heterocycles. The number of aryl methyl sites for hydroxylation is 2. The summed E-state index contributed by atoms with van der Waals surface area (Å²) in [5.74, 6) is 0. The van der Waals surface area contributed by atoms with Crippen molar-refractivity contribution in [3.05, 3.63) is 35.9 Å². The molecule has 0 N–H and O–H groups in total. The van der Waals surface area contributed by atoms with E-state index in [0.29, 0.717) is 0 Å². The van der Waals surface area contributed by atoms with Crippen molar-refractivity contribution in [3.8, 4) is 0 Å². The van der Waals surface area contributed by atoms with Crippen molar-refractivity contribution in [3.63, 3.8) is 0 Å². The Morgan fingerprint density at radius 3 is 2.93 bits per heavy atom. The van der Waals surface area contributed by atoms with Crippen molar-refractivity contribution in [1.82, 2.24) is 9.97 Å². The van der Waals surface area contributed by atoms with Crippen molar-refractivity contribution in [2.75, 3.05) is 0 Å². The highest BCUT2D eigenvalue weighted by molar-refractivity contribution is 5.17. The lowest BCUT2D eigenvalue weighted by Gasteiger charge is -2.07. The number of fused-ring (bicyclic) bond motifs is 1. The average Bonchev–Trinajstić information content (AvgIpc) is 2.25. The zero-order chi connectivity index (χ0) is 9.64. The van der Waals surface area contributed by atoms with Crippen LogP contribution in [0.15, 0.2) is 24.7 Å². The summed E-state index contributed by atoms with van der Waals surface area (Å²) < 4.78 is 0. The summed E-state index contributed by atoms with van der Waals surface area (Å²) in [6, 6.07) is 0. The fourth-order valence-electron chi connectivity index (χ4n) is 1.85. The van der Waals surface area contributed by atoms with Gasteiger partial charge >= 0.3 is 0 Å². The highest BCUT2D eigenvalue weighted by Crippen LogP contribution is 2.13. The van der Waals surface area contributed by atoms with Crippen LogP contribution >= 0.6 is 0 Å². The predicted molar refractivity (Wildman–Crippen MR) is 57.0 cm³/mol. The lowest BCUT2D eigenvalue weighted by molar-refractivity contribution is 0.722. The molecule has 1 aliphatic rings. The van der Waals surface area contributed by atoms with Crippen LogP contribution in [0.4, 0.5) is 0 Å². The molecule has 1 aromatic heterocycles. The second-order valence-corrected chi connectivity index (χ2v) is 3.75. The SMILES string of the molecule is C1=CCCc2ncncc2CCCC1. The van der Waals surface area contributed by atoms with E-state index in [2.05, 4.69) is 22.1 Å². The Hall–Kier alpha value is -1.18. The van der Waals surface area contributed by atoms with Crippen LogP contribution in [0.5, 0.6) is 0 Å². The summed E-state index contributed by atoms with van der Waals surface area (Å²) in [7, 11) is 0. The van der Waals surface area contributed by atoms with Gasteiger partial charge in [-0.15, -0.1) is 0 Å². The molecule has 0 aromatic carbocycles. The molecule has 2 heteroatoms. The number of hydrogen-bond acceptors (Lipinski definition) is 2. The van der Waals surface area contributed by atoms with Gasteiger partial charge in [0.15, 0.2) is 0 Å². The molecule has 1 heterocycles. The van der Waals surface area contributed by atoms with Crippen LogP contribution in [0.25, 0.3) is 0 Å². The van der Waals surface area contributed by atoms with Crippen LogP contribution in [-0.4, -0.2) is 9.97 Å². The third-order valence-corrected chi connectivity index (χ3v) is 2.66. The molecule has 1 aromatic rings. The minimum Gasteiger partial charge on any atom is -0.245 e. The number of hydrogen-bond donors (Lipinski definition) is 0. The van der Waals surface area contributed by atoms with E-state index in [4.69, 9.17) is 0 Å². The average molecular weight is 188 g/mol. The highest BCUT2D eigenvalue weighted by atomic mass is 14.8. The summed E-state index contributed by atoms with van der Waals surface area (Å²) in [6.45, 7) is 0. The number of nitrogens with zero attached hydrogens (tertiary/aromatic N) is 2. The first-order valence-corrected chi connectivity index (χ1v) is 5.39. The maximum atomic E-state index is 4.35. The molecule has 0 saturated carbocycles. The van der Waals surface area contributed by atoms with E-state index in [1.54, 1.807) is 6.33 Å². The molecule has 0 atom stereocenters. The molecule has 2 nitrogen and oxygen atoms in total. The van der Waals surface area contributed by atoms with Gasteiger partial charge in [0.05, 0.1) is 0 Å². The standard InChI is InChI=1S/C12H16N2/c1-2-4-6-8-12-11(7-5-3-1)9-13-10-14-12/h2,4,9-10H,1,3,5-8H2. The third-order valence-electron chi connectivity index (χ3n) is 2.66. The van der Waals surface area contributed by atoms with E-state index >= 15 is 0 Å². The Morgan fingerprint density at radius 1 is 1.00 bits per heavy atom. The van der Waals surface area contributed by atoms with Crippen molar-refractivity contribution in [2.45, 2.75) is 38.5 Å². The Kier molecular flexibility index (Phi) is 3.28. The topological polar surface area (TPSA) is 25.8 Å². The number of aromatic nitrogens is 2. The van der Waals surface area contributed by atoms with Gasteiger partial charge in [-0.3, -0.25) is 0 Å². The fraction of sp³-hybridized carbons (Fsp3) is 0.500. The van der Waals surface area contributed by atoms with Gasteiger partial charge in [0.2, 0.25) is 0 Å². The summed E-state index contributed by atoms with van der Waals surface area (Å²) in [5, 5.41) is 0. The zero-order valence-electron chi connectivity index (χ0n) is 8.45. The van der Waals surface area contributed by atoms with Gasteiger partial charge < -0.3 is 0 Å². The zero-order valence-corrected chi connectivity index (χ0v) is 8.45. The second-order valence-electron chi connectivity index (χ2n) is 3.75. The van der Waals surface area contributed by atoms with Crippen LogP contribution in [0.1, 0.15) is 36.9 Å². The molecular formula is C12H16N2. The smallest absolute Gasteiger partial charge is 0.115 e. The molecule has 1 aliphatic carbocycles. The van der Waals surface area contributed by atoms with Crippen molar-refractivity contribution in [2.24, 2.45) is 0 Å². The van der Waals surface area contributed by atoms with Gasteiger partial charge in [-0.05, 0) is 44.1 Å². The van der Waals surface area contributed by atoms with Crippen LogP contribution < -0.4 is 0 Å². The molecule has 0 bridgehead atoms. The van der Waals surface area contributed by atoms with Gasteiger partial charge in [-0.25, -0.2) is 9.97 Å². The third kappa shape index (κ3) is 2.41. The van der Waals surface area contributed by atoms with Gasteiger partial charge in [0, 0.05) is 11.9 Å². The maximum absolute atomic E-state index is 4.35. The Labute approximate surface area is 85.1 Å². The Morgan fingerprint density at radius 2 is 1.93 bits per heavy atom. The van der Waals surface area contributed by atoms with Crippen LogP contribution in [-0.2, 0) is 12.8 Å². The van der Waals surface area contributed by atoms with Crippen LogP contribution in [0.2, 0.25) is 0 Å². The summed E-state index contributed by atoms with van der Waals surface area (Å²) in [4.78, 5) is 8.44. The monoisotopic (exact) mass is 188 g/mol. The molecule has 0 fully saturated rings. The quantitative estimate of drug-likeness (QED) is 0.585. The first kappa shape index (κ1) is 9.38. The van der Waals surface area contributed by atoms with E-state index < -0.39 is 0 Å². The predicted octanol–water partition coefficient (Wildman–Crippen LogP) is 2.69.